The molecule has 0 spiro atoms. The summed E-state index contributed by atoms with van der Waals surface area (Å²) in [5.41, 5.74) is 3.27. The predicted molar refractivity (Wildman–Crippen MR) is 126 cm³/mol. The van der Waals surface area contributed by atoms with Crippen molar-refractivity contribution in [3.05, 3.63) is 108 Å². The first-order valence-electron chi connectivity index (χ1n) is 11.4. The van der Waals surface area contributed by atoms with Crippen molar-refractivity contribution in [2.75, 3.05) is 7.11 Å². The first kappa shape index (κ1) is 23.6. The summed E-state index contributed by atoms with van der Waals surface area (Å²) in [6.45, 7) is 3.34. The van der Waals surface area contributed by atoms with Gasteiger partial charge in [0, 0.05) is 7.11 Å². The molecule has 0 amide bonds. The summed E-state index contributed by atoms with van der Waals surface area (Å²) >= 11 is 0. The van der Waals surface area contributed by atoms with E-state index in [0.717, 1.165) is 16.7 Å². The third-order valence-corrected chi connectivity index (χ3v) is 5.82. The Hall–Kier alpha value is -2.54. The molecular formula is C28H32O5. The molecule has 5 atom stereocenters. The normalized spacial score (nSPS) is 25.1. The Morgan fingerprint density at radius 2 is 0.970 bits per heavy atom. The average molecular weight is 449 g/mol. The van der Waals surface area contributed by atoms with Crippen molar-refractivity contribution in [3.8, 4) is 0 Å². The first-order chi connectivity index (χ1) is 16.2. The second-order valence-corrected chi connectivity index (χ2v) is 8.23. The van der Waals surface area contributed by atoms with E-state index in [4.69, 9.17) is 23.7 Å². The van der Waals surface area contributed by atoms with Crippen molar-refractivity contribution in [2.24, 2.45) is 0 Å². The molecule has 0 bridgehead atoms. The third-order valence-electron chi connectivity index (χ3n) is 5.82. The van der Waals surface area contributed by atoms with Crippen LogP contribution in [0.4, 0.5) is 0 Å². The molecule has 33 heavy (non-hydrogen) atoms. The van der Waals surface area contributed by atoms with Crippen molar-refractivity contribution in [2.45, 2.75) is 57.5 Å². The molecule has 1 aliphatic rings. The van der Waals surface area contributed by atoms with Crippen LogP contribution in [0.25, 0.3) is 0 Å². The third kappa shape index (κ3) is 6.50. The summed E-state index contributed by atoms with van der Waals surface area (Å²) in [7, 11) is 1.63. The zero-order valence-electron chi connectivity index (χ0n) is 19.2. The topological polar surface area (TPSA) is 46.2 Å². The molecular weight excluding hydrogens is 416 g/mol. The number of benzene rings is 3. The lowest BCUT2D eigenvalue weighted by molar-refractivity contribution is -0.314. The van der Waals surface area contributed by atoms with E-state index in [-0.39, 0.29) is 18.3 Å². The van der Waals surface area contributed by atoms with Crippen LogP contribution in [0.3, 0.4) is 0 Å². The Morgan fingerprint density at radius 1 is 0.576 bits per heavy atom. The van der Waals surface area contributed by atoms with E-state index >= 15 is 0 Å². The summed E-state index contributed by atoms with van der Waals surface area (Å²) in [6.07, 6.45) is -1.92. The molecule has 1 saturated heterocycles. The van der Waals surface area contributed by atoms with Gasteiger partial charge in [0.2, 0.25) is 0 Å². The number of rotatable bonds is 10. The fourth-order valence-electron chi connectivity index (χ4n) is 4.06. The van der Waals surface area contributed by atoms with Gasteiger partial charge in [-0.25, -0.2) is 0 Å². The second kappa shape index (κ2) is 12.1. The maximum Gasteiger partial charge on any atom is 0.186 e. The monoisotopic (exact) mass is 448 g/mol. The second-order valence-electron chi connectivity index (χ2n) is 8.23. The first-order valence-corrected chi connectivity index (χ1v) is 11.4. The zero-order valence-corrected chi connectivity index (χ0v) is 19.2. The summed E-state index contributed by atoms with van der Waals surface area (Å²) in [4.78, 5) is 0. The van der Waals surface area contributed by atoms with Gasteiger partial charge in [0.25, 0.3) is 0 Å². The lowest BCUT2D eigenvalue weighted by atomic mass is 9.98. The molecule has 3 aromatic carbocycles. The highest BCUT2D eigenvalue weighted by atomic mass is 16.7. The molecule has 1 aliphatic heterocycles. The van der Waals surface area contributed by atoms with Gasteiger partial charge in [-0.05, 0) is 23.6 Å². The highest BCUT2D eigenvalue weighted by molar-refractivity contribution is 5.15. The van der Waals surface area contributed by atoms with Gasteiger partial charge in [0.1, 0.15) is 18.3 Å². The number of ether oxygens (including phenoxy) is 5. The number of hydrogen-bond donors (Lipinski definition) is 0. The Labute approximate surface area is 196 Å². The van der Waals surface area contributed by atoms with E-state index in [1.807, 2.05) is 73.7 Å². The minimum atomic E-state index is -0.555. The van der Waals surface area contributed by atoms with Gasteiger partial charge in [-0.1, -0.05) is 91.0 Å². The van der Waals surface area contributed by atoms with Crippen LogP contribution < -0.4 is 0 Å². The van der Waals surface area contributed by atoms with Crippen molar-refractivity contribution in [1.82, 2.24) is 0 Å². The molecule has 0 aromatic heterocycles. The summed E-state index contributed by atoms with van der Waals surface area (Å²) in [6, 6.07) is 30.3. The van der Waals surface area contributed by atoms with E-state index in [0.29, 0.717) is 19.8 Å². The molecule has 1 fully saturated rings. The van der Waals surface area contributed by atoms with Gasteiger partial charge in [-0.3, -0.25) is 0 Å². The van der Waals surface area contributed by atoms with Gasteiger partial charge in [0.15, 0.2) is 6.29 Å². The lowest BCUT2D eigenvalue weighted by Crippen LogP contribution is -2.59. The van der Waals surface area contributed by atoms with E-state index in [1.54, 1.807) is 7.11 Å². The highest BCUT2D eigenvalue weighted by Gasteiger charge is 2.47. The van der Waals surface area contributed by atoms with Crippen LogP contribution in [-0.4, -0.2) is 37.8 Å². The van der Waals surface area contributed by atoms with E-state index in [2.05, 4.69) is 24.3 Å². The van der Waals surface area contributed by atoms with Crippen LogP contribution >= 0.6 is 0 Å². The largest absolute Gasteiger partial charge is 0.368 e. The van der Waals surface area contributed by atoms with Crippen LogP contribution in [0.5, 0.6) is 0 Å². The number of methoxy groups -OCH3 is 1. The van der Waals surface area contributed by atoms with Crippen LogP contribution in [0.1, 0.15) is 23.6 Å². The number of hydrogen-bond acceptors (Lipinski definition) is 5. The lowest BCUT2D eigenvalue weighted by Gasteiger charge is -2.44. The Balaban J connectivity index is 1.53. The molecule has 1 unspecified atom stereocenters. The molecule has 3 aromatic rings. The predicted octanol–water partition coefficient (Wildman–Crippen LogP) is 5.13. The minimum Gasteiger partial charge on any atom is -0.368 e. The van der Waals surface area contributed by atoms with Crippen molar-refractivity contribution in [3.63, 3.8) is 0 Å². The molecule has 1 heterocycles. The van der Waals surface area contributed by atoms with Gasteiger partial charge in [0.05, 0.1) is 25.9 Å². The van der Waals surface area contributed by atoms with Crippen molar-refractivity contribution >= 4 is 0 Å². The Bertz CT molecular complexity index is 934. The van der Waals surface area contributed by atoms with Gasteiger partial charge >= 0.3 is 0 Å². The van der Waals surface area contributed by atoms with Gasteiger partial charge < -0.3 is 23.7 Å². The summed E-state index contributed by atoms with van der Waals surface area (Å²) in [5, 5.41) is 0. The van der Waals surface area contributed by atoms with E-state index < -0.39 is 12.4 Å². The standard InChI is InChI=1S/C28H32O5/c1-21-25(30-18-22-12-6-3-7-13-22)26(31-19-23-14-8-4-9-15-23)27(28(29-2)33-21)32-20-24-16-10-5-11-17-24/h3-17,21,25-28H,18-20H2,1-2H3/t21-,25-,26+,27-,28?/m1/s1. The summed E-state index contributed by atoms with van der Waals surface area (Å²) in [5.74, 6) is 0. The van der Waals surface area contributed by atoms with E-state index in [1.165, 1.54) is 0 Å². The zero-order chi connectivity index (χ0) is 22.9. The molecule has 4 rings (SSSR count). The smallest absolute Gasteiger partial charge is 0.186 e. The SMILES string of the molecule is COC1O[C@H](C)[C@@H](OCc2ccccc2)[C@H](OCc2ccccc2)[C@H]1OCc1ccccc1. The van der Waals surface area contributed by atoms with Gasteiger partial charge in [-0.2, -0.15) is 0 Å². The molecule has 5 heteroatoms. The highest BCUT2D eigenvalue weighted by Crippen LogP contribution is 2.30. The molecule has 0 radical (unpaired) electrons. The van der Waals surface area contributed by atoms with Crippen LogP contribution in [-0.2, 0) is 43.5 Å². The Morgan fingerprint density at radius 3 is 1.39 bits per heavy atom. The van der Waals surface area contributed by atoms with E-state index in [9.17, 15) is 0 Å². The average Bonchev–Trinajstić information content (AvgIpc) is 2.87. The van der Waals surface area contributed by atoms with Crippen LogP contribution in [0.2, 0.25) is 0 Å². The minimum absolute atomic E-state index is 0.226. The molecule has 0 N–H and O–H groups in total. The van der Waals surface area contributed by atoms with Gasteiger partial charge in [-0.15, -0.1) is 0 Å². The van der Waals surface area contributed by atoms with Crippen LogP contribution in [0.15, 0.2) is 91.0 Å². The molecule has 0 aliphatic carbocycles. The quantitative estimate of drug-likeness (QED) is 0.430. The van der Waals surface area contributed by atoms with Crippen molar-refractivity contribution < 1.29 is 23.7 Å². The molecule has 0 saturated carbocycles. The Kier molecular flexibility index (Phi) is 8.64. The summed E-state index contributed by atoms with van der Waals surface area (Å²) < 4.78 is 31.0. The maximum atomic E-state index is 6.46. The van der Waals surface area contributed by atoms with Crippen LogP contribution in [0, 0.1) is 0 Å². The molecule has 5 nitrogen and oxygen atoms in total. The van der Waals surface area contributed by atoms with Crippen molar-refractivity contribution in [1.29, 1.82) is 0 Å². The fourth-order valence-corrected chi connectivity index (χ4v) is 4.06. The maximum absolute atomic E-state index is 6.46. The fraction of sp³-hybridized carbons (Fsp3) is 0.357. The molecule has 174 valence electrons.